The second kappa shape index (κ2) is 7.46. The SMILES string of the molecule is CCCCC(N)C(=O)NCc1cccc(C#N)c1. The van der Waals surface area contributed by atoms with Crippen molar-refractivity contribution in [2.45, 2.75) is 38.8 Å². The van der Waals surface area contributed by atoms with E-state index >= 15 is 0 Å². The molecule has 1 rings (SSSR count). The summed E-state index contributed by atoms with van der Waals surface area (Å²) in [5.74, 6) is -0.134. The first-order valence-electron chi connectivity index (χ1n) is 6.19. The minimum atomic E-state index is -0.441. The molecule has 0 saturated carbocycles. The molecule has 0 aliphatic carbocycles. The Morgan fingerprint density at radius 3 is 3.00 bits per heavy atom. The number of nitrogens with zero attached hydrogens (tertiary/aromatic N) is 1. The van der Waals surface area contributed by atoms with Gasteiger partial charge in [0, 0.05) is 6.54 Å². The van der Waals surface area contributed by atoms with Gasteiger partial charge in [-0.3, -0.25) is 4.79 Å². The van der Waals surface area contributed by atoms with Gasteiger partial charge in [0.15, 0.2) is 0 Å². The van der Waals surface area contributed by atoms with Gasteiger partial charge >= 0.3 is 0 Å². The molecular weight excluding hydrogens is 226 g/mol. The molecule has 96 valence electrons. The Morgan fingerprint density at radius 1 is 1.56 bits per heavy atom. The Balaban J connectivity index is 2.44. The number of rotatable bonds is 6. The van der Waals surface area contributed by atoms with Crippen LogP contribution in [0.4, 0.5) is 0 Å². The molecule has 0 saturated heterocycles. The minimum absolute atomic E-state index is 0.134. The summed E-state index contributed by atoms with van der Waals surface area (Å²) in [4.78, 5) is 11.7. The van der Waals surface area contributed by atoms with Gasteiger partial charge in [-0.2, -0.15) is 5.26 Å². The van der Waals surface area contributed by atoms with Crippen molar-refractivity contribution in [2.24, 2.45) is 5.73 Å². The maximum absolute atomic E-state index is 11.7. The lowest BCUT2D eigenvalue weighted by Gasteiger charge is -2.11. The number of amides is 1. The van der Waals surface area contributed by atoms with E-state index < -0.39 is 6.04 Å². The summed E-state index contributed by atoms with van der Waals surface area (Å²) < 4.78 is 0. The molecule has 1 aromatic rings. The largest absolute Gasteiger partial charge is 0.351 e. The van der Waals surface area contributed by atoms with Crippen LogP contribution in [0.15, 0.2) is 24.3 Å². The Bertz CT molecular complexity index is 437. The van der Waals surface area contributed by atoms with E-state index in [9.17, 15) is 4.79 Å². The first kappa shape index (κ1) is 14.2. The summed E-state index contributed by atoms with van der Waals surface area (Å²) in [6.45, 7) is 2.48. The molecule has 0 aromatic heterocycles. The highest BCUT2D eigenvalue weighted by atomic mass is 16.2. The molecule has 1 atom stereocenters. The van der Waals surface area contributed by atoms with E-state index in [1.54, 1.807) is 18.2 Å². The van der Waals surface area contributed by atoms with Crippen LogP contribution in [0.2, 0.25) is 0 Å². The highest BCUT2D eigenvalue weighted by Gasteiger charge is 2.11. The van der Waals surface area contributed by atoms with Gasteiger partial charge in [0.1, 0.15) is 0 Å². The molecule has 1 amide bonds. The molecule has 18 heavy (non-hydrogen) atoms. The maximum atomic E-state index is 11.7. The second-order valence-electron chi connectivity index (χ2n) is 4.28. The van der Waals surface area contributed by atoms with Gasteiger partial charge in [0.2, 0.25) is 5.91 Å². The Labute approximate surface area is 108 Å². The molecule has 0 fully saturated rings. The molecule has 0 bridgehead atoms. The maximum Gasteiger partial charge on any atom is 0.237 e. The number of unbranched alkanes of at least 4 members (excludes halogenated alkanes) is 1. The number of nitrogens with one attached hydrogen (secondary N) is 1. The van der Waals surface area contributed by atoms with Crippen LogP contribution >= 0.6 is 0 Å². The predicted molar refractivity (Wildman–Crippen MR) is 70.5 cm³/mol. The predicted octanol–water partition coefficient (Wildman–Crippen LogP) is 1.69. The van der Waals surface area contributed by atoms with Crippen molar-refractivity contribution in [3.8, 4) is 6.07 Å². The summed E-state index contributed by atoms with van der Waals surface area (Å²) in [7, 11) is 0. The third-order valence-corrected chi connectivity index (χ3v) is 2.73. The molecule has 0 aliphatic rings. The number of carbonyl (C=O) groups excluding carboxylic acids is 1. The normalized spacial score (nSPS) is 11.6. The molecule has 3 N–H and O–H groups in total. The minimum Gasteiger partial charge on any atom is -0.351 e. The van der Waals surface area contributed by atoms with Gasteiger partial charge in [-0.15, -0.1) is 0 Å². The van der Waals surface area contributed by atoms with Crippen molar-refractivity contribution in [2.75, 3.05) is 0 Å². The van der Waals surface area contributed by atoms with Crippen LogP contribution in [-0.2, 0) is 11.3 Å². The van der Waals surface area contributed by atoms with Crippen LogP contribution in [0.3, 0.4) is 0 Å². The van der Waals surface area contributed by atoms with Gasteiger partial charge in [-0.05, 0) is 24.1 Å². The zero-order valence-corrected chi connectivity index (χ0v) is 10.6. The fraction of sp³-hybridized carbons (Fsp3) is 0.429. The first-order chi connectivity index (χ1) is 8.67. The van der Waals surface area contributed by atoms with E-state index in [4.69, 9.17) is 11.0 Å². The fourth-order valence-electron chi connectivity index (χ4n) is 1.63. The lowest BCUT2D eigenvalue weighted by molar-refractivity contribution is -0.122. The molecule has 0 heterocycles. The summed E-state index contributed by atoms with van der Waals surface area (Å²) in [6.07, 6.45) is 2.70. The summed E-state index contributed by atoms with van der Waals surface area (Å²) in [6, 6.07) is 8.80. The third kappa shape index (κ3) is 4.56. The summed E-state index contributed by atoms with van der Waals surface area (Å²) in [5.41, 5.74) is 7.26. The summed E-state index contributed by atoms with van der Waals surface area (Å²) >= 11 is 0. The molecule has 1 unspecified atom stereocenters. The third-order valence-electron chi connectivity index (χ3n) is 2.73. The van der Waals surface area contributed by atoms with Gasteiger partial charge in [0.05, 0.1) is 17.7 Å². The van der Waals surface area contributed by atoms with Crippen molar-refractivity contribution < 1.29 is 4.79 Å². The van der Waals surface area contributed by atoms with E-state index in [-0.39, 0.29) is 5.91 Å². The standard InChI is InChI=1S/C14H19N3O/c1-2-3-7-13(16)14(18)17-10-12-6-4-5-11(8-12)9-15/h4-6,8,13H,2-3,7,10,16H2,1H3,(H,17,18). The monoisotopic (exact) mass is 245 g/mol. The first-order valence-corrected chi connectivity index (χ1v) is 6.19. The van der Waals surface area contributed by atoms with Crippen LogP contribution in [0.1, 0.15) is 37.3 Å². The van der Waals surface area contributed by atoms with Crippen molar-refractivity contribution in [1.82, 2.24) is 5.32 Å². The van der Waals surface area contributed by atoms with Crippen LogP contribution in [0, 0.1) is 11.3 Å². The zero-order valence-electron chi connectivity index (χ0n) is 10.6. The van der Waals surface area contributed by atoms with Gasteiger partial charge in [-0.25, -0.2) is 0 Å². The number of benzene rings is 1. The molecule has 0 aliphatic heterocycles. The number of nitrogens with two attached hydrogens (primary N) is 1. The van der Waals surface area contributed by atoms with Gasteiger partial charge in [-0.1, -0.05) is 31.9 Å². The quantitative estimate of drug-likeness (QED) is 0.800. The highest BCUT2D eigenvalue weighted by Crippen LogP contribution is 2.04. The van der Waals surface area contributed by atoms with Crippen molar-refractivity contribution in [3.63, 3.8) is 0 Å². The van der Waals surface area contributed by atoms with Crippen LogP contribution in [0.25, 0.3) is 0 Å². The van der Waals surface area contributed by atoms with E-state index in [1.807, 2.05) is 6.07 Å². The lowest BCUT2D eigenvalue weighted by Crippen LogP contribution is -2.40. The van der Waals surface area contributed by atoms with E-state index in [0.29, 0.717) is 18.5 Å². The highest BCUT2D eigenvalue weighted by molar-refractivity contribution is 5.81. The van der Waals surface area contributed by atoms with Gasteiger partial charge < -0.3 is 11.1 Å². The fourth-order valence-corrected chi connectivity index (χ4v) is 1.63. The van der Waals surface area contributed by atoms with E-state index in [1.165, 1.54) is 0 Å². The molecule has 0 spiro atoms. The number of carbonyl (C=O) groups is 1. The molecular formula is C14H19N3O. The van der Waals surface area contributed by atoms with Gasteiger partial charge in [0.25, 0.3) is 0 Å². The molecule has 4 heteroatoms. The van der Waals surface area contributed by atoms with Crippen LogP contribution in [0.5, 0.6) is 0 Å². The van der Waals surface area contributed by atoms with Crippen LogP contribution < -0.4 is 11.1 Å². The number of hydrogen-bond donors (Lipinski definition) is 2. The number of nitriles is 1. The lowest BCUT2D eigenvalue weighted by atomic mass is 10.1. The molecule has 4 nitrogen and oxygen atoms in total. The topological polar surface area (TPSA) is 78.9 Å². The average molecular weight is 245 g/mol. The Kier molecular flexibility index (Phi) is 5.89. The number of hydrogen-bond acceptors (Lipinski definition) is 3. The Morgan fingerprint density at radius 2 is 2.33 bits per heavy atom. The van der Waals surface area contributed by atoms with Crippen LogP contribution in [-0.4, -0.2) is 11.9 Å². The van der Waals surface area contributed by atoms with E-state index in [2.05, 4.69) is 18.3 Å². The Hall–Kier alpha value is -1.86. The smallest absolute Gasteiger partial charge is 0.237 e. The second-order valence-corrected chi connectivity index (χ2v) is 4.28. The molecule has 1 aromatic carbocycles. The molecule has 0 radical (unpaired) electrons. The van der Waals surface area contributed by atoms with E-state index in [0.717, 1.165) is 18.4 Å². The average Bonchev–Trinajstić information content (AvgIpc) is 2.42. The van der Waals surface area contributed by atoms with Crippen molar-refractivity contribution in [1.29, 1.82) is 5.26 Å². The van der Waals surface area contributed by atoms with Crippen molar-refractivity contribution >= 4 is 5.91 Å². The summed E-state index contributed by atoms with van der Waals surface area (Å²) in [5, 5.41) is 11.6. The zero-order chi connectivity index (χ0) is 13.4. The van der Waals surface area contributed by atoms with Crippen molar-refractivity contribution in [3.05, 3.63) is 35.4 Å².